The monoisotopic (exact) mass is 349 g/mol. The molecule has 0 aliphatic carbocycles. The first kappa shape index (κ1) is 14.6. The molecular formula is C12H20IN3O. The van der Waals surface area contributed by atoms with E-state index in [0.717, 1.165) is 46.9 Å². The Bertz CT molecular complexity index is 358. The highest BCUT2D eigenvalue weighted by Crippen LogP contribution is 2.18. The molecule has 0 fully saturated rings. The molecule has 0 saturated carbocycles. The van der Waals surface area contributed by atoms with Crippen molar-refractivity contribution in [2.45, 2.75) is 33.6 Å². The second kappa shape index (κ2) is 7.81. The van der Waals surface area contributed by atoms with Gasteiger partial charge in [0.2, 0.25) is 0 Å². The number of hydrogen-bond donors (Lipinski definition) is 1. The number of nitrogens with one attached hydrogen (secondary N) is 1. The summed E-state index contributed by atoms with van der Waals surface area (Å²) in [6.45, 7) is 8.52. The molecule has 0 bridgehead atoms. The molecule has 0 aromatic carbocycles. The molecule has 0 unspecified atom stereocenters. The molecule has 0 aliphatic rings. The topological polar surface area (TPSA) is 47.0 Å². The van der Waals surface area contributed by atoms with E-state index < -0.39 is 0 Å². The van der Waals surface area contributed by atoms with Crippen molar-refractivity contribution in [1.29, 1.82) is 0 Å². The highest BCUT2D eigenvalue weighted by Gasteiger charge is 2.08. The van der Waals surface area contributed by atoms with Crippen LogP contribution in [0, 0.1) is 10.5 Å². The fraction of sp³-hybridized carbons (Fsp3) is 0.667. The number of aromatic nitrogens is 2. The van der Waals surface area contributed by atoms with Gasteiger partial charge in [-0.15, -0.1) is 0 Å². The van der Waals surface area contributed by atoms with Gasteiger partial charge in [-0.1, -0.05) is 6.92 Å². The second-order valence-electron chi connectivity index (χ2n) is 3.76. The van der Waals surface area contributed by atoms with Crippen molar-refractivity contribution >= 4 is 28.4 Å². The van der Waals surface area contributed by atoms with Gasteiger partial charge >= 0.3 is 0 Å². The van der Waals surface area contributed by atoms with Gasteiger partial charge in [-0.25, -0.2) is 9.97 Å². The second-order valence-corrected chi connectivity index (χ2v) is 4.84. The van der Waals surface area contributed by atoms with E-state index in [-0.39, 0.29) is 0 Å². The fourth-order valence-corrected chi connectivity index (χ4v) is 1.83. The van der Waals surface area contributed by atoms with Crippen LogP contribution in [0.2, 0.25) is 0 Å². The Morgan fingerprint density at radius 1 is 1.29 bits per heavy atom. The van der Waals surface area contributed by atoms with Crippen molar-refractivity contribution < 1.29 is 4.74 Å². The maximum Gasteiger partial charge on any atom is 0.143 e. The third kappa shape index (κ3) is 4.75. The first-order chi connectivity index (χ1) is 8.19. The van der Waals surface area contributed by atoms with Gasteiger partial charge in [0, 0.05) is 19.6 Å². The summed E-state index contributed by atoms with van der Waals surface area (Å²) in [5.74, 6) is 1.81. The lowest BCUT2D eigenvalue weighted by Gasteiger charge is -2.10. The van der Waals surface area contributed by atoms with Crippen LogP contribution in [0.1, 0.15) is 31.8 Å². The normalized spacial score (nSPS) is 10.6. The zero-order valence-corrected chi connectivity index (χ0v) is 12.9. The van der Waals surface area contributed by atoms with Gasteiger partial charge in [-0.05, 0) is 42.9 Å². The first-order valence-electron chi connectivity index (χ1n) is 6.03. The Hall–Kier alpha value is -0.430. The fourth-order valence-electron chi connectivity index (χ4n) is 1.40. The molecule has 17 heavy (non-hydrogen) atoms. The van der Waals surface area contributed by atoms with E-state index in [9.17, 15) is 0 Å². The molecule has 1 aromatic heterocycles. The number of aryl methyl sites for hydroxylation is 1. The Morgan fingerprint density at radius 2 is 2.06 bits per heavy atom. The maximum atomic E-state index is 5.33. The summed E-state index contributed by atoms with van der Waals surface area (Å²) in [5, 5.41) is 3.33. The van der Waals surface area contributed by atoms with E-state index in [1.807, 2.05) is 13.8 Å². The minimum Gasteiger partial charge on any atom is -0.381 e. The smallest absolute Gasteiger partial charge is 0.143 e. The molecule has 0 atom stereocenters. The highest BCUT2D eigenvalue weighted by molar-refractivity contribution is 14.1. The Balaban J connectivity index is 2.74. The molecule has 96 valence electrons. The first-order valence-corrected chi connectivity index (χ1v) is 7.11. The summed E-state index contributed by atoms with van der Waals surface area (Å²) < 4.78 is 6.43. The van der Waals surface area contributed by atoms with Gasteiger partial charge in [0.1, 0.15) is 11.6 Å². The van der Waals surface area contributed by atoms with Crippen molar-refractivity contribution in [3.8, 4) is 0 Å². The molecular weight excluding hydrogens is 329 g/mol. The van der Waals surface area contributed by atoms with Crippen molar-refractivity contribution in [1.82, 2.24) is 9.97 Å². The van der Waals surface area contributed by atoms with Gasteiger partial charge in [-0.2, -0.15) is 0 Å². The number of anilines is 1. The van der Waals surface area contributed by atoms with Crippen LogP contribution in [0.4, 0.5) is 5.82 Å². The zero-order chi connectivity index (χ0) is 12.7. The molecule has 0 aliphatic heterocycles. The van der Waals surface area contributed by atoms with Crippen LogP contribution in [0.3, 0.4) is 0 Å². The summed E-state index contributed by atoms with van der Waals surface area (Å²) in [6, 6.07) is 0. The zero-order valence-electron chi connectivity index (χ0n) is 10.7. The predicted octanol–water partition coefficient (Wildman–Crippen LogP) is 2.79. The van der Waals surface area contributed by atoms with Gasteiger partial charge < -0.3 is 10.1 Å². The van der Waals surface area contributed by atoms with Crippen LogP contribution in [0.25, 0.3) is 0 Å². The van der Waals surface area contributed by atoms with E-state index in [4.69, 9.17) is 4.74 Å². The molecule has 5 heteroatoms. The van der Waals surface area contributed by atoms with E-state index in [1.165, 1.54) is 0 Å². The molecule has 0 saturated heterocycles. The number of rotatable bonds is 7. The average molecular weight is 349 g/mol. The third-order valence-electron chi connectivity index (χ3n) is 2.28. The Morgan fingerprint density at radius 3 is 2.71 bits per heavy atom. The van der Waals surface area contributed by atoms with Crippen molar-refractivity contribution in [3.63, 3.8) is 0 Å². The number of ether oxygens (including phenoxy) is 1. The van der Waals surface area contributed by atoms with Crippen LogP contribution >= 0.6 is 22.6 Å². The van der Waals surface area contributed by atoms with Crippen LogP contribution in [-0.2, 0) is 11.2 Å². The molecule has 0 radical (unpaired) electrons. The molecule has 4 nitrogen and oxygen atoms in total. The van der Waals surface area contributed by atoms with E-state index >= 15 is 0 Å². The highest BCUT2D eigenvalue weighted by atomic mass is 127. The van der Waals surface area contributed by atoms with Crippen molar-refractivity contribution in [2.24, 2.45) is 0 Å². The van der Waals surface area contributed by atoms with Crippen molar-refractivity contribution in [3.05, 3.63) is 15.1 Å². The minimum atomic E-state index is 0.684. The van der Waals surface area contributed by atoms with Crippen LogP contribution in [0.5, 0.6) is 0 Å². The predicted molar refractivity (Wildman–Crippen MR) is 78.5 cm³/mol. The lowest BCUT2D eigenvalue weighted by Crippen LogP contribution is -2.10. The van der Waals surface area contributed by atoms with E-state index in [0.29, 0.717) is 6.61 Å². The molecule has 0 spiro atoms. The lowest BCUT2D eigenvalue weighted by atomic mass is 10.3. The SMILES string of the molecule is CCCNc1nc(CCOCC)nc(C)c1I. The molecule has 0 amide bonds. The standard InChI is InChI=1S/C12H20IN3O/c1-4-7-14-12-11(13)9(3)15-10(16-12)6-8-17-5-2/h4-8H2,1-3H3,(H,14,15,16). The summed E-state index contributed by atoms with van der Waals surface area (Å²) >= 11 is 2.29. The number of hydrogen-bond acceptors (Lipinski definition) is 4. The van der Waals surface area contributed by atoms with Crippen LogP contribution in [0.15, 0.2) is 0 Å². The quantitative estimate of drug-likeness (QED) is 0.608. The minimum absolute atomic E-state index is 0.684. The van der Waals surface area contributed by atoms with Crippen LogP contribution in [-0.4, -0.2) is 29.7 Å². The Labute approximate surface area is 117 Å². The maximum absolute atomic E-state index is 5.33. The molecule has 1 N–H and O–H groups in total. The molecule has 1 rings (SSSR count). The largest absolute Gasteiger partial charge is 0.381 e. The van der Waals surface area contributed by atoms with E-state index in [2.05, 4.69) is 44.8 Å². The molecule has 1 aromatic rings. The van der Waals surface area contributed by atoms with E-state index in [1.54, 1.807) is 0 Å². The number of halogens is 1. The van der Waals surface area contributed by atoms with Gasteiger partial charge in [0.25, 0.3) is 0 Å². The summed E-state index contributed by atoms with van der Waals surface area (Å²) in [6.07, 6.45) is 1.86. The van der Waals surface area contributed by atoms with Gasteiger partial charge in [-0.3, -0.25) is 0 Å². The van der Waals surface area contributed by atoms with Gasteiger partial charge in [0.05, 0.1) is 15.9 Å². The van der Waals surface area contributed by atoms with Crippen molar-refractivity contribution in [2.75, 3.05) is 25.1 Å². The third-order valence-corrected chi connectivity index (χ3v) is 3.57. The molecule has 1 heterocycles. The lowest BCUT2D eigenvalue weighted by molar-refractivity contribution is 0.149. The number of nitrogens with zero attached hydrogens (tertiary/aromatic N) is 2. The van der Waals surface area contributed by atoms with Gasteiger partial charge in [0.15, 0.2) is 0 Å². The summed E-state index contributed by atoms with van der Waals surface area (Å²) in [4.78, 5) is 9.01. The Kier molecular flexibility index (Phi) is 6.72. The average Bonchev–Trinajstić information content (AvgIpc) is 2.32. The summed E-state index contributed by atoms with van der Waals surface area (Å²) in [7, 11) is 0. The summed E-state index contributed by atoms with van der Waals surface area (Å²) in [5.41, 5.74) is 1.03. The van der Waals surface area contributed by atoms with Crippen LogP contribution < -0.4 is 5.32 Å².